The van der Waals surface area contributed by atoms with E-state index in [1.165, 1.54) is 48.5 Å². The summed E-state index contributed by atoms with van der Waals surface area (Å²) >= 11 is 6.18. The molecule has 2 aromatic heterocycles. The molecule has 0 radical (unpaired) electrons. The molecule has 0 spiro atoms. The van der Waals surface area contributed by atoms with Gasteiger partial charge >= 0.3 is 5.69 Å². The number of fused-ring (bicyclic) bond motifs is 1. The van der Waals surface area contributed by atoms with Gasteiger partial charge in [-0.25, -0.2) is 4.79 Å². The van der Waals surface area contributed by atoms with Crippen LogP contribution >= 0.6 is 11.6 Å². The number of nitrogens with zero attached hydrogens (tertiary/aromatic N) is 5. The summed E-state index contributed by atoms with van der Waals surface area (Å²) in [7, 11) is 4.26. The van der Waals surface area contributed by atoms with Crippen molar-refractivity contribution in [3.63, 3.8) is 0 Å². The molecule has 0 aliphatic carbocycles. The SMILES string of the molecule is COc1ccc([N+](=O)[O-])cc1Cn1c(Cl)nc2c1c(=O)n(C)c(=O)n2C. The summed E-state index contributed by atoms with van der Waals surface area (Å²) in [6.45, 7) is 0.00757. The molecule has 136 valence electrons. The van der Waals surface area contributed by atoms with Crippen LogP contribution in [0.25, 0.3) is 11.2 Å². The molecular weight excluding hydrogens is 366 g/mol. The van der Waals surface area contributed by atoms with E-state index in [0.717, 1.165) is 4.57 Å². The molecule has 2 heterocycles. The van der Waals surface area contributed by atoms with Crippen molar-refractivity contribution >= 4 is 28.5 Å². The second-order valence-electron chi connectivity index (χ2n) is 5.60. The van der Waals surface area contributed by atoms with Crippen molar-refractivity contribution < 1.29 is 9.66 Å². The summed E-state index contributed by atoms with van der Waals surface area (Å²) in [5.74, 6) is 0.398. The van der Waals surface area contributed by atoms with Crippen LogP contribution in [0.5, 0.6) is 5.75 Å². The predicted octanol–water partition coefficient (Wildman–Crippen LogP) is 1.05. The number of rotatable bonds is 4. The number of imidazole rings is 1. The summed E-state index contributed by atoms with van der Waals surface area (Å²) in [6.07, 6.45) is 0. The average molecular weight is 380 g/mol. The van der Waals surface area contributed by atoms with Gasteiger partial charge in [-0.1, -0.05) is 0 Å². The number of aryl methyl sites for hydroxylation is 1. The van der Waals surface area contributed by atoms with Gasteiger partial charge in [0.05, 0.1) is 18.6 Å². The number of ether oxygens (including phenoxy) is 1. The largest absolute Gasteiger partial charge is 0.496 e. The van der Waals surface area contributed by atoms with Crippen LogP contribution in [-0.2, 0) is 20.6 Å². The number of benzene rings is 1. The monoisotopic (exact) mass is 379 g/mol. The van der Waals surface area contributed by atoms with Gasteiger partial charge in [0, 0.05) is 31.8 Å². The number of aromatic nitrogens is 4. The third-order valence-electron chi connectivity index (χ3n) is 4.10. The maximum atomic E-state index is 12.5. The third kappa shape index (κ3) is 2.64. The van der Waals surface area contributed by atoms with E-state index in [9.17, 15) is 19.7 Å². The lowest BCUT2D eigenvalue weighted by molar-refractivity contribution is -0.384. The van der Waals surface area contributed by atoms with Gasteiger partial charge in [-0.15, -0.1) is 0 Å². The van der Waals surface area contributed by atoms with Gasteiger partial charge in [0.25, 0.3) is 11.2 Å². The highest BCUT2D eigenvalue weighted by atomic mass is 35.5. The molecule has 0 atom stereocenters. The topological polar surface area (TPSA) is 114 Å². The molecule has 3 aromatic rings. The van der Waals surface area contributed by atoms with Crippen molar-refractivity contribution in [3.8, 4) is 5.75 Å². The first kappa shape index (κ1) is 17.7. The minimum Gasteiger partial charge on any atom is -0.496 e. The van der Waals surface area contributed by atoms with Gasteiger partial charge < -0.3 is 9.30 Å². The van der Waals surface area contributed by atoms with Gasteiger partial charge in [-0.3, -0.25) is 24.0 Å². The van der Waals surface area contributed by atoms with Gasteiger partial charge in [0.15, 0.2) is 11.2 Å². The van der Waals surface area contributed by atoms with E-state index in [-0.39, 0.29) is 28.7 Å². The fraction of sp³-hybridized carbons (Fsp3) is 0.267. The Morgan fingerprint density at radius 3 is 2.58 bits per heavy atom. The standard InChI is InChI=1S/C15H14ClN5O5/c1-18-12-11(13(22)19(2)15(18)23)20(14(16)17-12)7-8-6-9(21(24)25)4-5-10(8)26-3/h4-6H,7H2,1-3H3. The fourth-order valence-electron chi connectivity index (χ4n) is 2.74. The molecule has 0 unspecified atom stereocenters. The molecule has 11 heteroatoms. The third-order valence-corrected chi connectivity index (χ3v) is 4.39. The minimum absolute atomic E-state index is 0.00757. The average Bonchev–Trinajstić information content (AvgIpc) is 2.94. The highest BCUT2D eigenvalue weighted by molar-refractivity contribution is 6.29. The highest BCUT2D eigenvalue weighted by Gasteiger charge is 2.20. The molecule has 10 nitrogen and oxygen atoms in total. The molecule has 0 fully saturated rings. The zero-order valence-electron chi connectivity index (χ0n) is 14.1. The molecule has 0 aliphatic rings. The van der Waals surface area contributed by atoms with E-state index in [1.54, 1.807) is 0 Å². The molecule has 0 amide bonds. The van der Waals surface area contributed by atoms with Gasteiger partial charge in [0.2, 0.25) is 5.28 Å². The second kappa shape index (κ2) is 6.30. The summed E-state index contributed by atoms with van der Waals surface area (Å²) in [5, 5.41) is 11.0. The van der Waals surface area contributed by atoms with E-state index in [4.69, 9.17) is 16.3 Å². The number of methoxy groups -OCH3 is 1. The molecule has 3 rings (SSSR count). The number of nitro benzene ring substituents is 1. The molecule has 0 saturated carbocycles. The van der Waals surface area contributed by atoms with Crippen LogP contribution in [-0.4, -0.2) is 30.7 Å². The Morgan fingerprint density at radius 2 is 1.96 bits per heavy atom. The van der Waals surface area contributed by atoms with E-state index in [1.807, 2.05) is 0 Å². The van der Waals surface area contributed by atoms with Crippen molar-refractivity contribution in [2.45, 2.75) is 6.54 Å². The van der Waals surface area contributed by atoms with Gasteiger partial charge in [-0.05, 0) is 17.7 Å². The molecule has 0 saturated heterocycles. The Bertz CT molecular complexity index is 1160. The lowest BCUT2D eigenvalue weighted by atomic mass is 10.1. The van der Waals surface area contributed by atoms with Crippen LogP contribution in [0.3, 0.4) is 0 Å². The molecule has 0 aliphatic heterocycles. The predicted molar refractivity (Wildman–Crippen MR) is 94.0 cm³/mol. The van der Waals surface area contributed by atoms with E-state index >= 15 is 0 Å². The van der Waals surface area contributed by atoms with Gasteiger partial charge in [0.1, 0.15) is 5.75 Å². The Kier molecular flexibility index (Phi) is 4.28. The summed E-state index contributed by atoms with van der Waals surface area (Å²) < 4.78 is 8.79. The normalized spacial score (nSPS) is 11.1. The van der Waals surface area contributed by atoms with Crippen LogP contribution in [0.1, 0.15) is 5.56 Å². The number of hydrogen-bond donors (Lipinski definition) is 0. The number of halogens is 1. The van der Waals surface area contributed by atoms with E-state index in [2.05, 4.69) is 4.98 Å². The fourth-order valence-corrected chi connectivity index (χ4v) is 2.96. The molecule has 0 bridgehead atoms. The first-order valence-electron chi connectivity index (χ1n) is 7.39. The first-order valence-corrected chi connectivity index (χ1v) is 7.77. The summed E-state index contributed by atoms with van der Waals surface area (Å²) in [4.78, 5) is 39.2. The molecule has 26 heavy (non-hydrogen) atoms. The molecular formula is C15H14ClN5O5. The molecule has 1 aromatic carbocycles. The Hall–Kier alpha value is -3.14. The number of nitro groups is 1. The zero-order chi connectivity index (χ0) is 19.2. The van der Waals surface area contributed by atoms with E-state index in [0.29, 0.717) is 11.3 Å². The summed E-state index contributed by atoms with van der Waals surface area (Å²) in [5.41, 5.74) is -0.523. The maximum Gasteiger partial charge on any atom is 0.332 e. The van der Waals surface area contributed by atoms with Crippen molar-refractivity contribution in [3.05, 3.63) is 60.0 Å². The van der Waals surface area contributed by atoms with Crippen LogP contribution in [0, 0.1) is 10.1 Å². The van der Waals surface area contributed by atoms with Crippen molar-refractivity contribution in [1.29, 1.82) is 0 Å². The Morgan fingerprint density at radius 1 is 1.27 bits per heavy atom. The van der Waals surface area contributed by atoms with Gasteiger partial charge in [-0.2, -0.15) is 4.98 Å². The van der Waals surface area contributed by atoms with E-state index < -0.39 is 16.2 Å². The zero-order valence-corrected chi connectivity index (χ0v) is 14.9. The van der Waals surface area contributed by atoms with Crippen molar-refractivity contribution in [2.24, 2.45) is 14.1 Å². The Balaban J connectivity index is 2.27. The quantitative estimate of drug-likeness (QED) is 0.380. The lowest BCUT2D eigenvalue weighted by Crippen LogP contribution is -2.37. The summed E-state index contributed by atoms with van der Waals surface area (Å²) in [6, 6.07) is 4.13. The van der Waals surface area contributed by atoms with Crippen LogP contribution in [0.4, 0.5) is 5.69 Å². The van der Waals surface area contributed by atoms with Crippen LogP contribution in [0.2, 0.25) is 5.28 Å². The van der Waals surface area contributed by atoms with Crippen LogP contribution in [0.15, 0.2) is 27.8 Å². The smallest absolute Gasteiger partial charge is 0.332 e. The minimum atomic E-state index is -0.563. The molecule has 0 N–H and O–H groups in total. The lowest BCUT2D eigenvalue weighted by Gasteiger charge is -2.11. The number of non-ortho nitro benzene ring substituents is 1. The highest BCUT2D eigenvalue weighted by Crippen LogP contribution is 2.27. The second-order valence-corrected chi connectivity index (χ2v) is 5.94. The van der Waals surface area contributed by atoms with Crippen molar-refractivity contribution in [2.75, 3.05) is 7.11 Å². The van der Waals surface area contributed by atoms with Crippen LogP contribution < -0.4 is 16.0 Å². The maximum absolute atomic E-state index is 12.5. The Labute approximate surface area is 151 Å². The first-order chi connectivity index (χ1) is 12.3. The van der Waals surface area contributed by atoms with Crippen molar-refractivity contribution in [1.82, 2.24) is 18.7 Å². The number of hydrogen-bond acceptors (Lipinski definition) is 6.